The van der Waals surface area contributed by atoms with Crippen molar-refractivity contribution in [2.24, 2.45) is 5.92 Å². The molecule has 20 heavy (non-hydrogen) atoms. The molecule has 0 aliphatic heterocycles. The van der Waals surface area contributed by atoms with Gasteiger partial charge in [-0.1, -0.05) is 26.0 Å². The topological polar surface area (TPSA) is 62.8 Å². The number of H-pyrrole nitrogens is 1. The Morgan fingerprint density at radius 1 is 1.20 bits per heavy atom. The molecule has 1 heterocycles. The van der Waals surface area contributed by atoms with Crippen molar-refractivity contribution in [2.75, 3.05) is 6.61 Å². The monoisotopic (exact) mass is 274 g/mol. The van der Waals surface area contributed by atoms with Gasteiger partial charge < -0.3 is 10.1 Å². The Morgan fingerprint density at radius 3 is 2.55 bits per heavy atom. The first-order chi connectivity index (χ1) is 9.65. The van der Waals surface area contributed by atoms with Crippen LogP contribution in [0.4, 0.5) is 0 Å². The van der Waals surface area contributed by atoms with E-state index in [1.807, 2.05) is 12.1 Å². The van der Waals surface area contributed by atoms with Gasteiger partial charge in [0.05, 0.1) is 13.2 Å². The lowest BCUT2D eigenvalue weighted by Gasteiger charge is -2.14. The van der Waals surface area contributed by atoms with E-state index < -0.39 is 0 Å². The van der Waals surface area contributed by atoms with Gasteiger partial charge in [-0.25, -0.2) is 4.98 Å². The van der Waals surface area contributed by atoms with Crippen LogP contribution < -0.4 is 10.1 Å². The highest BCUT2D eigenvalue weighted by atomic mass is 16.5. The normalized spacial score (nSPS) is 12.6. The van der Waals surface area contributed by atoms with E-state index in [4.69, 9.17) is 4.74 Å². The Morgan fingerprint density at radius 2 is 1.95 bits per heavy atom. The predicted octanol–water partition coefficient (Wildman–Crippen LogP) is 2.69. The van der Waals surface area contributed by atoms with Crippen LogP contribution in [-0.4, -0.2) is 21.8 Å². The summed E-state index contributed by atoms with van der Waals surface area (Å²) in [5.74, 6) is 2.30. The fourth-order valence-corrected chi connectivity index (χ4v) is 1.80. The second-order valence-corrected chi connectivity index (χ2v) is 5.31. The van der Waals surface area contributed by atoms with Crippen molar-refractivity contribution in [3.8, 4) is 5.75 Å². The first kappa shape index (κ1) is 14.5. The molecule has 1 unspecified atom stereocenters. The smallest absolute Gasteiger partial charge is 0.138 e. The maximum Gasteiger partial charge on any atom is 0.138 e. The molecule has 1 atom stereocenters. The number of nitrogens with zero attached hydrogens (tertiary/aromatic N) is 2. The van der Waals surface area contributed by atoms with Crippen LogP contribution in [-0.2, 0) is 6.54 Å². The van der Waals surface area contributed by atoms with Crippen molar-refractivity contribution in [2.45, 2.75) is 33.4 Å². The maximum absolute atomic E-state index is 5.68. The van der Waals surface area contributed by atoms with Crippen LogP contribution in [0.5, 0.6) is 5.75 Å². The quantitative estimate of drug-likeness (QED) is 0.815. The van der Waals surface area contributed by atoms with Gasteiger partial charge in [-0.2, -0.15) is 5.10 Å². The van der Waals surface area contributed by atoms with Gasteiger partial charge in [0.2, 0.25) is 0 Å². The fourth-order valence-electron chi connectivity index (χ4n) is 1.80. The number of benzene rings is 1. The summed E-state index contributed by atoms with van der Waals surface area (Å²) in [5, 5.41) is 10.1. The molecular formula is C15H22N4O. The highest BCUT2D eigenvalue weighted by Crippen LogP contribution is 2.18. The Balaban J connectivity index is 1.85. The predicted molar refractivity (Wildman–Crippen MR) is 78.4 cm³/mol. The molecule has 0 saturated heterocycles. The van der Waals surface area contributed by atoms with E-state index in [2.05, 4.69) is 53.4 Å². The third-order valence-electron chi connectivity index (χ3n) is 3.00. The highest BCUT2D eigenvalue weighted by molar-refractivity contribution is 5.28. The summed E-state index contributed by atoms with van der Waals surface area (Å²) in [6.07, 6.45) is 1.52. The Hall–Kier alpha value is -1.88. The minimum absolute atomic E-state index is 0.249. The van der Waals surface area contributed by atoms with Crippen molar-refractivity contribution in [3.05, 3.63) is 42.0 Å². The van der Waals surface area contributed by atoms with Crippen LogP contribution in [0.1, 0.15) is 38.2 Å². The summed E-state index contributed by atoms with van der Waals surface area (Å²) in [6.45, 7) is 7.83. The number of ether oxygens (including phenoxy) is 1. The molecule has 0 aliphatic carbocycles. The maximum atomic E-state index is 5.68. The minimum Gasteiger partial charge on any atom is -0.493 e. The molecule has 0 spiro atoms. The summed E-state index contributed by atoms with van der Waals surface area (Å²) in [7, 11) is 0. The average molecular weight is 274 g/mol. The molecule has 2 aromatic rings. The zero-order chi connectivity index (χ0) is 14.4. The first-order valence-electron chi connectivity index (χ1n) is 6.95. The van der Waals surface area contributed by atoms with Gasteiger partial charge in [0, 0.05) is 6.04 Å². The molecule has 0 fully saturated rings. The number of nitrogens with one attached hydrogen (secondary N) is 2. The summed E-state index contributed by atoms with van der Waals surface area (Å²) in [4.78, 5) is 4.09. The molecule has 2 N–H and O–H groups in total. The van der Waals surface area contributed by atoms with Crippen molar-refractivity contribution in [1.29, 1.82) is 0 Å². The van der Waals surface area contributed by atoms with E-state index in [0.29, 0.717) is 12.5 Å². The largest absolute Gasteiger partial charge is 0.493 e. The molecule has 108 valence electrons. The van der Waals surface area contributed by atoms with Gasteiger partial charge in [-0.3, -0.25) is 5.10 Å². The van der Waals surface area contributed by atoms with Gasteiger partial charge in [0.15, 0.2) is 0 Å². The van der Waals surface area contributed by atoms with Gasteiger partial charge in [-0.05, 0) is 30.5 Å². The Labute approximate surface area is 119 Å². The summed E-state index contributed by atoms with van der Waals surface area (Å²) < 4.78 is 5.68. The molecule has 0 amide bonds. The Kier molecular flexibility index (Phi) is 5.12. The zero-order valence-corrected chi connectivity index (χ0v) is 12.3. The van der Waals surface area contributed by atoms with Gasteiger partial charge in [-0.15, -0.1) is 0 Å². The molecule has 1 aromatic carbocycles. The molecule has 0 radical (unpaired) electrons. The second-order valence-electron chi connectivity index (χ2n) is 5.31. The van der Waals surface area contributed by atoms with Crippen molar-refractivity contribution < 1.29 is 4.74 Å². The van der Waals surface area contributed by atoms with Crippen LogP contribution in [0, 0.1) is 5.92 Å². The van der Waals surface area contributed by atoms with Crippen LogP contribution in [0.25, 0.3) is 0 Å². The highest BCUT2D eigenvalue weighted by Gasteiger charge is 2.06. The van der Waals surface area contributed by atoms with E-state index >= 15 is 0 Å². The molecule has 1 aromatic heterocycles. The SMILES string of the molecule is CC(C)COc1ccc(C(C)NCc2ncn[nH]2)cc1. The average Bonchev–Trinajstić information content (AvgIpc) is 2.96. The first-order valence-corrected chi connectivity index (χ1v) is 6.95. The van der Waals surface area contributed by atoms with Crippen LogP contribution in [0.15, 0.2) is 30.6 Å². The molecular weight excluding hydrogens is 252 g/mol. The third kappa shape index (κ3) is 4.35. The fraction of sp³-hybridized carbons (Fsp3) is 0.467. The van der Waals surface area contributed by atoms with Crippen LogP contribution in [0.3, 0.4) is 0 Å². The number of hydrogen-bond acceptors (Lipinski definition) is 4. The van der Waals surface area contributed by atoms with Crippen molar-refractivity contribution >= 4 is 0 Å². The number of aromatic nitrogens is 3. The number of aromatic amines is 1. The van der Waals surface area contributed by atoms with E-state index in [9.17, 15) is 0 Å². The summed E-state index contributed by atoms with van der Waals surface area (Å²) >= 11 is 0. The van der Waals surface area contributed by atoms with E-state index in [1.54, 1.807) is 0 Å². The van der Waals surface area contributed by atoms with E-state index in [-0.39, 0.29) is 6.04 Å². The van der Waals surface area contributed by atoms with Crippen LogP contribution >= 0.6 is 0 Å². The number of rotatable bonds is 7. The number of hydrogen-bond donors (Lipinski definition) is 2. The lowest BCUT2D eigenvalue weighted by Crippen LogP contribution is -2.18. The van der Waals surface area contributed by atoms with Gasteiger partial charge in [0.25, 0.3) is 0 Å². The molecule has 5 nitrogen and oxygen atoms in total. The zero-order valence-electron chi connectivity index (χ0n) is 12.3. The molecule has 5 heteroatoms. The third-order valence-corrected chi connectivity index (χ3v) is 3.00. The lowest BCUT2D eigenvalue weighted by molar-refractivity contribution is 0.271. The molecule has 2 rings (SSSR count). The Bertz CT molecular complexity index is 493. The standard InChI is InChI=1S/C15H22N4O/c1-11(2)9-20-14-6-4-13(5-7-14)12(3)16-8-15-17-10-18-19-15/h4-7,10-12,16H,8-9H2,1-3H3,(H,17,18,19). The second kappa shape index (κ2) is 7.05. The molecule has 0 bridgehead atoms. The summed E-state index contributed by atoms with van der Waals surface area (Å²) in [5.41, 5.74) is 1.22. The molecule has 0 saturated carbocycles. The van der Waals surface area contributed by atoms with Crippen molar-refractivity contribution in [3.63, 3.8) is 0 Å². The minimum atomic E-state index is 0.249. The van der Waals surface area contributed by atoms with Crippen molar-refractivity contribution in [1.82, 2.24) is 20.5 Å². The lowest BCUT2D eigenvalue weighted by atomic mass is 10.1. The van der Waals surface area contributed by atoms with Crippen LogP contribution in [0.2, 0.25) is 0 Å². The van der Waals surface area contributed by atoms with E-state index in [0.717, 1.165) is 18.2 Å². The summed E-state index contributed by atoms with van der Waals surface area (Å²) in [6, 6.07) is 8.47. The molecule has 0 aliphatic rings. The van der Waals surface area contributed by atoms with E-state index in [1.165, 1.54) is 11.9 Å². The van der Waals surface area contributed by atoms with Gasteiger partial charge in [0.1, 0.15) is 17.9 Å². The van der Waals surface area contributed by atoms with Gasteiger partial charge >= 0.3 is 0 Å².